The normalized spacial score (nSPS) is 17.7. The minimum Gasteiger partial charge on any atom is -0.463 e. The maximum Gasteiger partial charge on any atom is 0.332 e. The molecule has 74 valence electrons. The topological polar surface area (TPSA) is 29.5 Å². The van der Waals surface area contributed by atoms with Crippen LogP contribution < -0.4 is 0 Å². The van der Waals surface area contributed by atoms with E-state index in [0.717, 1.165) is 18.8 Å². The summed E-state index contributed by atoms with van der Waals surface area (Å²) >= 11 is 0. The summed E-state index contributed by atoms with van der Waals surface area (Å²) in [5.74, 6) is -0.230. The molecule has 0 atom stereocenters. The van der Waals surface area contributed by atoms with Crippen LogP contribution in [0.2, 0.25) is 0 Å². The smallest absolute Gasteiger partial charge is 0.332 e. The number of esters is 1. The van der Waals surface area contributed by atoms with Gasteiger partial charge in [-0.25, -0.2) is 4.79 Å². The van der Waals surface area contributed by atoms with E-state index in [1.807, 2.05) is 13.8 Å². The van der Waals surface area contributed by atoms with E-state index in [0.29, 0.717) is 6.61 Å². The number of ether oxygens (including phenoxy) is 1. The molecule has 0 aromatic heterocycles. The predicted octanol–water partition coefficient (Wildman–Crippen LogP) is 1.55. The Morgan fingerprint density at radius 1 is 1.46 bits per heavy atom. The number of hydrogen-bond donors (Lipinski definition) is 0. The second kappa shape index (κ2) is 4.90. The van der Waals surface area contributed by atoms with Crippen LogP contribution in [0.5, 0.6) is 0 Å². The van der Waals surface area contributed by atoms with Crippen LogP contribution in [-0.4, -0.2) is 30.6 Å². The van der Waals surface area contributed by atoms with E-state index in [2.05, 4.69) is 4.90 Å². The van der Waals surface area contributed by atoms with Crippen LogP contribution in [0.4, 0.5) is 0 Å². The van der Waals surface area contributed by atoms with Gasteiger partial charge < -0.3 is 9.64 Å². The Bertz CT molecular complexity index is 205. The van der Waals surface area contributed by atoms with Crippen LogP contribution in [0.25, 0.3) is 0 Å². The Morgan fingerprint density at radius 3 is 2.62 bits per heavy atom. The van der Waals surface area contributed by atoms with Crippen molar-refractivity contribution in [2.24, 2.45) is 0 Å². The van der Waals surface area contributed by atoms with Gasteiger partial charge in [-0.15, -0.1) is 0 Å². The first-order valence-corrected chi connectivity index (χ1v) is 4.84. The fraction of sp³-hybridized carbons (Fsp3) is 0.700. The van der Waals surface area contributed by atoms with Crippen molar-refractivity contribution < 1.29 is 9.53 Å². The van der Waals surface area contributed by atoms with Crippen LogP contribution >= 0.6 is 0 Å². The lowest BCUT2D eigenvalue weighted by atomic mass is 10.4. The summed E-state index contributed by atoms with van der Waals surface area (Å²) in [6.45, 7) is 6.37. The first kappa shape index (κ1) is 10.1. The number of rotatable bonds is 3. The molecule has 1 aliphatic heterocycles. The number of carbonyl (C=O) groups excluding carboxylic acids is 1. The van der Waals surface area contributed by atoms with Gasteiger partial charge in [-0.3, -0.25) is 0 Å². The molecule has 0 unspecified atom stereocenters. The Balaban J connectivity index is 2.44. The zero-order valence-corrected chi connectivity index (χ0v) is 8.38. The monoisotopic (exact) mass is 183 g/mol. The van der Waals surface area contributed by atoms with E-state index >= 15 is 0 Å². The summed E-state index contributed by atoms with van der Waals surface area (Å²) in [5.41, 5.74) is 1.02. The Labute approximate surface area is 79.4 Å². The largest absolute Gasteiger partial charge is 0.463 e. The van der Waals surface area contributed by atoms with Crippen LogP contribution in [0, 0.1) is 0 Å². The first-order chi connectivity index (χ1) is 6.24. The van der Waals surface area contributed by atoms with Gasteiger partial charge >= 0.3 is 5.97 Å². The predicted molar refractivity (Wildman–Crippen MR) is 51.2 cm³/mol. The van der Waals surface area contributed by atoms with Gasteiger partial charge in [0.2, 0.25) is 0 Å². The molecule has 0 aromatic rings. The number of carbonyl (C=O) groups is 1. The Hall–Kier alpha value is -0.990. The van der Waals surface area contributed by atoms with Crippen molar-refractivity contribution in [3.63, 3.8) is 0 Å². The van der Waals surface area contributed by atoms with Gasteiger partial charge in [0.05, 0.1) is 6.61 Å². The minimum atomic E-state index is -0.230. The molecule has 0 bridgehead atoms. The summed E-state index contributed by atoms with van der Waals surface area (Å²) in [7, 11) is 0. The highest BCUT2D eigenvalue weighted by Gasteiger charge is 2.12. The zero-order chi connectivity index (χ0) is 9.68. The van der Waals surface area contributed by atoms with Gasteiger partial charge in [-0.1, -0.05) is 0 Å². The molecule has 1 heterocycles. The summed E-state index contributed by atoms with van der Waals surface area (Å²) in [4.78, 5) is 13.3. The molecule has 0 aliphatic carbocycles. The molecule has 3 nitrogen and oxygen atoms in total. The fourth-order valence-corrected chi connectivity index (χ4v) is 1.52. The lowest BCUT2D eigenvalue weighted by Gasteiger charge is -2.17. The number of allylic oxidation sites excluding steroid dienone is 1. The molecule has 1 aliphatic rings. The van der Waals surface area contributed by atoms with E-state index in [1.165, 1.54) is 12.8 Å². The quantitative estimate of drug-likeness (QED) is 0.491. The lowest BCUT2D eigenvalue weighted by Crippen LogP contribution is -2.17. The van der Waals surface area contributed by atoms with Crippen molar-refractivity contribution in [2.45, 2.75) is 26.7 Å². The van der Waals surface area contributed by atoms with Crippen LogP contribution in [0.15, 0.2) is 11.8 Å². The standard InChI is InChI=1S/C10H17NO2/c1-3-13-10(12)8-9(2)11-6-4-5-7-11/h8H,3-7H2,1-2H3/b9-8+. The molecule has 0 saturated carbocycles. The fourth-order valence-electron chi connectivity index (χ4n) is 1.52. The van der Waals surface area contributed by atoms with E-state index in [-0.39, 0.29) is 5.97 Å². The molecule has 0 radical (unpaired) electrons. The SMILES string of the molecule is CCOC(=O)/C=C(\C)N1CCCC1. The van der Waals surface area contributed by atoms with Gasteiger partial charge in [0.1, 0.15) is 0 Å². The molecule has 0 N–H and O–H groups in total. The average Bonchev–Trinajstić information content (AvgIpc) is 2.55. The molecule has 3 heteroatoms. The summed E-state index contributed by atoms with van der Waals surface area (Å²) in [6.07, 6.45) is 4.04. The van der Waals surface area contributed by atoms with Gasteiger partial charge in [-0.2, -0.15) is 0 Å². The van der Waals surface area contributed by atoms with Crippen molar-refractivity contribution >= 4 is 5.97 Å². The third-order valence-electron chi connectivity index (χ3n) is 2.22. The molecule has 1 fully saturated rings. The molecular weight excluding hydrogens is 166 g/mol. The van der Waals surface area contributed by atoms with Crippen LogP contribution in [0.3, 0.4) is 0 Å². The molecule has 1 rings (SSSR count). The van der Waals surface area contributed by atoms with Crippen LogP contribution in [-0.2, 0) is 9.53 Å². The number of likely N-dealkylation sites (tertiary alicyclic amines) is 1. The Morgan fingerprint density at radius 2 is 2.08 bits per heavy atom. The molecule has 0 aromatic carbocycles. The third kappa shape index (κ3) is 3.09. The van der Waals surface area contributed by atoms with Crippen LogP contribution in [0.1, 0.15) is 26.7 Å². The van der Waals surface area contributed by atoms with Gasteiger partial charge in [0.25, 0.3) is 0 Å². The molecule has 0 spiro atoms. The van der Waals surface area contributed by atoms with Gasteiger partial charge in [-0.05, 0) is 26.7 Å². The highest BCUT2D eigenvalue weighted by Crippen LogP contribution is 2.13. The highest BCUT2D eigenvalue weighted by atomic mass is 16.5. The van der Waals surface area contributed by atoms with Crippen molar-refractivity contribution in [1.29, 1.82) is 0 Å². The summed E-state index contributed by atoms with van der Waals surface area (Å²) < 4.78 is 4.83. The minimum absolute atomic E-state index is 0.230. The third-order valence-corrected chi connectivity index (χ3v) is 2.22. The zero-order valence-electron chi connectivity index (χ0n) is 8.38. The molecule has 13 heavy (non-hydrogen) atoms. The summed E-state index contributed by atoms with van der Waals surface area (Å²) in [5, 5.41) is 0. The molecule has 1 saturated heterocycles. The Kier molecular flexibility index (Phi) is 3.80. The van der Waals surface area contributed by atoms with E-state index < -0.39 is 0 Å². The second-order valence-electron chi connectivity index (χ2n) is 3.23. The van der Waals surface area contributed by atoms with E-state index in [1.54, 1.807) is 6.08 Å². The number of hydrogen-bond acceptors (Lipinski definition) is 3. The second-order valence-corrected chi connectivity index (χ2v) is 3.23. The molecular formula is C10H17NO2. The average molecular weight is 183 g/mol. The van der Waals surface area contributed by atoms with Gasteiger partial charge in [0, 0.05) is 24.9 Å². The van der Waals surface area contributed by atoms with Crippen molar-refractivity contribution in [1.82, 2.24) is 4.90 Å². The van der Waals surface area contributed by atoms with Crippen molar-refractivity contribution in [2.75, 3.05) is 19.7 Å². The van der Waals surface area contributed by atoms with Crippen molar-refractivity contribution in [3.8, 4) is 0 Å². The van der Waals surface area contributed by atoms with E-state index in [4.69, 9.17) is 4.74 Å². The van der Waals surface area contributed by atoms with E-state index in [9.17, 15) is 4.79 Å². The van der Waals surface area contributed by atoms with Crippen molar-refractivity contribution in [3.05, 3.63) is 11.8 Å². The number of nitrogens with zero attached hydrogens (tertiary/aromatic N) is 1. The maximum atomic E-state index is 11.1. The highest BCUT2D eigenvalue weighted by molar-refractivity contribution is 5.82. The summed E-state index contributed by atoms with van der Waals surface area (Å²) in [6, 6.07) is 0. The maximum absolute atomic E-state index is 11.1. The lowest BCUT2D eigenvalue weighted by molar-refractivity contribution is -0.137. The molecule has 0 amide bonds. The first-order valence-electron chi connectivity index (χ1n) is 4.84. The van der Waals surface area contributed by atoms with Gasteiger partial charge in [0.15, 0.2) is 0 Å².